The summed E-state index contributed by atoms with van der Waals surface area (Å²) in [6, 6.07) is 25.0. The molecule has 0 N–H and O–H groups in total. The van der Waals surface area contributed by atoms with Crippen molar-refractivity contribution in [3.05, 3.63) is 84.6 Å². The van der Waals surface area contributed by atoms with E-state index in [4.69, 9.17) is 19.3 Å². The first-order chi connectivity index (χ1) is 18.1. The first-order valence-corrected chi connectivity index (χ1v) is 12.2. The normalized spacial score (nSPS) is 13.4. The summed E-state index contributed by atoms with van der Waals surface area (Å²) in [6.07, 6.45) is 0. The third kappa shape index (κ3) is 4.95. The number of nitrogens with zero attached hydrogens (tertiary/aromatic N) is 4. The second-order valence-corrected chi connectivity index (χ2v) is 8.71. The minimum Gasteiger partial charge on any atom is -0.497 e. The van der Waals surface area contributed by atoms with Crippen LogP contribution in [0.2, 0.25) is 0 Å². The number of hydrogen-bond acceptors (Lipinski definition) is 6. The predicted molar refractivity (Wildman–Crippen MR) is 143 cm³/mol. The van der Waals surface area contributed by atoms with Gasteiger partial charge in [0, 0.05) is 31.7 Å². The van der Waals surface area contributed by atoms with Crippen LogP contribution in [0.25, 0.3) is 16.9 Å². The van der Waals surface area contributed by atoms with Gasteiger partial charge in [0.1, 0.15) is 22.9 Å². The number of methoxy groups -OCH3 is 3. The van der Waals surface area contributed by atoms with Crippen molar-refractivity contribution in [2.75, 3.05) is 52.4 Å². The zero-order valence-corrected chi connectivity index (χ0v) is 21.3. The fraction of sp³-hybridized carbons (Fsp3) is 0.241. The first-order valence-electron chi connectivity index (χ1n) is 12.2. The Bertz CT molecular complexity index is 1370. The van der Waals surface area contributed by atoms with Gasteiger partial charge in [-0.15, -0.1) is 0 Å². The highest BCUT2D eigenvalue weighted by molar-refractivity contribution is 5.94. The van der Waals surface area contributed by atoms with Gasteiger partial charge in [-0.2, -0.15) is 5.10 Å². The van der Waals surface area contributed by atoms with E-state index >= 15 is 0 Å². The molecule has 0 atom stereocenters. The Morgan fingerprint density at radius 3 is 2.19 bits per heavy atom. The Kier molecular flexibility index (Phi) is 6.98. The molecule has 190 valence electrons. The van der Waals surface area contributed by atoms with Gasteiger partial charge in [0.15, 0.2) is 0 Å². The number of anilines is 1. The summed E-state index contributed by atoms with van der Waals surface area (Å²) in [5, 5.41) is 4.83. The number of para-hydroxylation sites is 2. The number of benzene rings is 3. The fourth-order valence-corrected chi connectivity index (χ4v) is 4.58. The second-order valence-electron chi connectivity index (χ2n) is 8.71. The molecule has 37 heavy (non-hydrogen) atoms. The molecule has 0 aliphatic carbocycles. The van der Waals surface area contributed by atoms with E-state index in [0.29, 0.717) is 37.6 Å². The number of piperazine rings is 1. The molecule has 0 bridgehead atoms. The molecule has 3 aromatic carbocycles. The average Bonchev–Trinajstić information content (AvgIpc) is 3.42. The highest BCUT2D eigenvalue weighted by Gasteiger charge is 2.27. The van der Waals surface area contributed by atoms with Crippen LogP contribution in [0.15, 0.2) is 78.9 Å². The Morgan fingerprint density at radius 2 is 1.49 bits per heavy atom. The van der Waals surface area contributed by atoms with Gasteiger partial charge >= 0.3 is 0 Å². The minimum absolute atomic E-state index is 0.0582. The molecule has 1 fully saturated rings. The SMILES string of the molecule is COc1ccc(-n2nc(-c3cccc(OC)c3)cc2C(=O)N2CCN(c3ccccc3OC)CC2)cc1. The maximum atomic E-state index is 13.8. The van der Waals surface area contributed by atoms with E-state index < -0.39 is 0 Å². The number of rotatable bonds is 7. The number of carbonyl (C=O) groups is 1. The molecule has 1 aliphatic rings. The number of hydrogen-bond donors (Lipinski definition) is 0. The third-order valence-corrected chi connectivity index (χ3v) is 6.60. The summed E-state index contributed by atoms with van der Waals surface area (Å²) in [5.41, 5.74) is 3.91. The zero-order valence-electron chi connectivity index (χ0n) is 21.3. The van der Waals surface area contributed by atoms with Crippen LogP contribution in [0, 0.1) is 0 Å². The van der Waals surface area contributed by atoms with Crippen molar-refractivity contribution in [3.8, 4) is 34.2 Å². The van der Waals surface area contributed by atoms with Gasteiger partial charge in [0.05, 0.1) is 38.4 Å². The van der Waals surface area contributed by atoms with Crippen LogP contribution in [0.4, 0.5) is 5.69 Å². The average molecular weight is 499 g/mol. The lowest BCUT2D eigenvalue weighted by Gasteiger charge is -2.36. The molecule has 0 radical (unpaired) electrons. The van der Waals surface area contributed by atoms with Gasteiger partial charge in [0.2, 0.25) is 0 Å². The van der Waals surface area contributed by atoms with E-state index in [-0.39, 0.29) is 5.91 Å². The molecule has 1 aromatic heterocycles. The van der Waals surface area contributed by atoms with Crippen molar-refractivity contribution in [1.29, 1.82) is 0 Å². The molecule has 0 spiro atoms. The summed E-state index contributed by atoms with van der Waals surface area (Å²) in [5.74, 6) is 2.25. The molecule has 8 nitrogen and oxygen atoms in total. The van der Waals surface area contributed by atoms with Crippen molar-refractivity contribution >= 4 is 11.6 Å². The van der Waals surface area contributed by atoms with Crippen molar-refractivity contribution in [2.45, 2.75) is 0 Å². The van der Waals surface area contributed by atoms with Crippen molar-refractivity contribution in [2.24, 2.45) is 0 Å². The van der Waals surface area contributed by atoms with Gasteiger partial charge in [-0.1, -0.05) is 24.3 Å². The highest BCUT2D eigenvalue weighted by atomic mass is 16.5. The Morgan fingerprint density at radius 1 is 0.757 bits per heavy atom. The smallest absolute Gasteiger partial charge is 0.272 e. The van der Waals surface area contributed by atoms with E-state index in [2.05, 4.69) is 11.0 Å². The summed E-state index contributed by atoms with van der Waals surface area (Å²) >= 11 is 0. The number of aromatic nitrogens is 2. The lowest BCUT2D eigenvalue weighted by molar-refractivity contribution is 0.0737. The van der Waals surface area contributed by atoms with Crippen LogP contribution >= 0.6 is 0 Å². The van der Waals surface area contributed by atoms with Crippen molar-refractivity contribution < 1.29 is 19.0 Å². The standard InChI is InChI=1S/C29H30N4O4/c1-35-23-13-11-22(12-14-23)33-27(20-25(30-33)21-7-6-8-24(19-21)36-2)29(34)32-17-15-31(16-18-32)26-9-4-5-10-28(26)37-3/h4-14,19-20H,15-18H2,1-3H3. The monoisotopic (exact) mass is 498 g/mol. The summed E-state index contributed by atoms with van der Waals surface area (Å²) in [6.45, 7) is 2.62. The quantitative estimate of drug-likeness (QED) is 0.373. The van der Waals surface area contributed by atoms with Gasteiger partial charge in [-0.25, -0.2) is 4.68 Å². The molecule has 5 rings (SSSR count). The number of amides is 1. The topological polar surface area (TPSA) is 69.1 Å². The summed E-state index contributed by atoms with van der Waals surface area (Å²) in [4.78, 5) is 18.0. The van der Waals surface area contributed by atoms with Crippen LogP contribution in [-0.2, 0) is 0 Å². The molecule has 8 heteroatoms. The van der Waals surface area contributed by atoms with E-state index in [0.717, 1.165) is 34.2 Å². The van der Waals surface area contributed by atoms with Crippen LogP contribution < -0.4 is 19.1 Å². The zero-order chi connectivity index (χ0) is 25.8. The Balaban J connectivity index is 1.44. The molecule has 1 aliphatic heterocycles. The van der Waals surface area contributed by atoms with Gasteiger partial charge in [-0.05, 0) is 54.6 Å². The maximum Gasteiger partial charge on any atom is 0.272 e. The van der Waals surface area contributed by atoms with Crippen LogP contribution in [0.3, 0.4) is 0 Å². The number of carbonyl (C=O) groups excluding carboxylic acids is 1. The van der Waals surface area contributed by atoms with Crippen LogP contribution in [-0.4, -0.2) is 68.1 Å². The molecule has 1 saturated heterocycles. The lowest BCUT2D eigenvalue weighted by Crippen LogP contribution is -2.49. The first kappa shape index (κ1) is 24.2. The van der Waals surface area contributed by atoms with E-state index in [1.807, 2.05) is 77.7 Å². The van der Waals surface area contributed by atoms with E-state index in [1.165, 1.54) is 0 Å². The van der Waals surface area contributed by atoms with E-state index in [1.54, 1.807) is 26.0 Å². The lowest BCUT2D eigenvalue weighted by atomic mass is 10.1. The molecule has 2 heterocycles. The molecular weight excluding hydrogens is 468 g/mol. The largest absolute Gasteiger partial charge is 0.497 e. The third-order valence-electron chi connectivity index (χ3n) is 6.60. The maximum absolute atomic E-state index is 13.8. The highest BCUT2D eigenvalue weighted by Crippen LogP contribution is 2.30. The Hall–Kier alpha value is -4.46. The predicted octanol–water partition coefficient (Wildman–Crippen LogP) is 4.53. The fourth-order valence-electron chi connectivity index (χ4n) is 4.58. The van der Waals surface area contributed by atoms with Gasteiger partial charge in [-0.3, -0.25) is 4.79 Å². The minimum atomic E-state index is -0.0582. The molecule has 1 amide bonds. The van der Waals surface area contributed by atoms with Gasteiger partial charge < -0.3 is 24.0 Å². The molecular formula is C29H30N4O4. The van der Waals surface area contributed by atoms with Crippen LogP contribution in [0.5, 0.6) is 17.2 Å². The van der Waals surface area contributed by atoms with Crippen molar-refractivity contribution in [1.82, 2.24) is 14.7 Å². The molecule has 0 saturated carbocycles. The van der Waals surface area contributed by atoms with E-state index in [9.17, 15) is 4.79 Å². The summed E-state index contributed by atoms with van der Waals surface area (Å²) in [7, 11) is 4.94. The van der Waals surface area contributed by atoms with Gasteiger partial charge in [0.25, 0.3) is 5.91 Å². The van der Waals surface area contributed by atoms with Crippen LogP contribution in [0.1, 0.15) is 10.5 Å². The summed E-state index contributed by atoms with van der Waals surface area (Å²) < 4.78 is 17.9. The second kappa shape index (κ2) is 10.7. The molecule has 0 unspecified atom stereocenters. The Labute approximate surface area is 216 Å². The van der Waals surface area contributed by atoms with Crippen molar-refractivity contribution in [3.63, 3.8) is 0 Å². The number of ether oxygens (including phenoxy) is 3. The molecule has 4 aromatic rings.